The van der Waals surface area contributed by atoms with Gasteiger partial charge in [-0.1, -0.05) is 47.5 Å². The van der Waals surface area contributed by atoms with Crippen molar-refractivity contribution in [2.45, 2.75) is 45.7 Å². The number of aryl methyl sites for hydroxylation is 2. The molecular weight excluding hydrogens is 614 g/mol. The van der Waals surface area contributed by atoms with Crippen molar-refractivity contribution < 1.29 is 24.6 Å². The zero-order chi connectivity index (χ0) is 34.1. The lowest BCUT2D eigenvalue weighted by Crippen LogP contribution is -2.41. The molecule has 0 radical (unpaired) electrons. The van der Waals surface area contributed by atoms with Crippen molar-refractivity contribution >= 4 is 46.2 Å². The first kappa shape index (κ1) is 31.7. The summed E-state index contributed by atoms with van der Waals surface area (Å²) in [5.74, 6) is -3.25. The number of hydrogen-bond acceptors (Lipinski definition) is 9. The number of amides is 1. The van der Waals surface area contributed by atoms with Crippen molar-refractivity contribution in [3.63, 3.8) is 0 Å². The van der Waals surface area contributed by atoms with Gasteiger partial charge in [-0.3, -0.25) is 24.4 Å². The maximum Gasteiger partial charge on any atom is 0.326 e. The Hall–Kier alpha value is -6.24. The van der Waals surface area contributed by atoms with Gasteiger partial charge in [0.25, 0.3) is 11.5 Å². The third-order valence-corrected chi connectivity index (χ3v) is 8.12. The van der Waals surface area contributed by atoms with Crippen LogP contribution < -0.4 is 16.6 Å². The molecule has 2 aliphatic carbocycles. The number of aliphatic imine (C=N–C) groups is 1. The Labute approximate surface area is 273 Å². The van der Waals surface area contributed by atoms with Crippen LogP contribution in [0.2, 0.25) is 0 Å². The minimum atomic E-state index is -1.39. The van der Waals surface area contributed by atoms with E-state index in [-0.39, 0.29) is 35.7 Å². The highest BCUT2D eigenvalue weighted by Gasteiger charge is 2.28. The Bertz CT molecular complexity index is 2160. The molecule has 13 nitrogen and oxygen atoms in total. The number of nitrogens with two attached hydrogens (primary N) is 1. The highest BCUT2D eigenvalue weighted by Crippen LogP contribution is 2.40. The van der Waals surface area contributed by atoms with Crippen LogP contribution in [-0.2, 0) is 27.3 Å². The van der Waals surface area contributed by atoms with Crippen LogP contribution in [-0.4, -0.2) is 59.7 Å². The minimum Gasteiger partial charge on any atom is -0.481 e. The number of rotatable bonds is 8. The van der Waals surface area contributed by atoms with Crippen molar-refractivity contribution in [3.05, 3.63) is 121 Å². The lowest BCUT2D eigenvalue weighted by atomic mass is 9.77. The molecule has 0 saturated heterocycles. The lowest BCUT2D eigenvalue weighted by Gasteiger charge is -2.27. The summed E-state index contributed by atoms with van der Waals surface area (Å²) < 4.78 is 0. The van der Waals surface area contributed by atoms with Crippen LogP contribution in [0.3, 0.4) is 0 Å². The number of allylic oxidation sites excluding steroid dienone is 3. The van der Waals surface area contributed by atoms with E-state index in [0.29, 0.717) is 17.0 Å². The van der Waals surface area contributed by atoms with Crippen LogP contribution in [0.25, 0.3) is 16.7 Å². The fourth-order valence-electron chi connectivity index (χ4n) is 5.86. The molecule has 6 N–H and O–H groups in total. The molecule has 1 unspecified atom stereocenters. The van der Waals surface area contributed by atoms with Gasteiger partial charge in [-0.05, 0) is 72.7 Å². The van der Waals surface area contributed by atoms with Gasteiger partial charge in [-0.25, -0.2) is 14.8 Å². The number of aromatic nitrogens is 4. The van der Waals surface area contributed by atoms with Gasteiger partial charge in [0.2, 0.25) is 5.95 Å². The summed E-state index contributed by atoms with van der Waals surface area (Å²) in [6.07, 6.45) is 6.36. The number of nitrogen functional groups attached to an aromatic ring is 1. The summed E-state index contributed by atoms with van der Waals surface area (Å²) in [6, 6.07) is 11.0. The second-order valence-electron chi connectivity index (χ2n) is 11.7. The first-order valence-corrected chi connectivity index (χ1v) is 15.1. The van der Waals surface area contributed by atoms with Crippen LogP contribution >= 0.6 is 0 Å². The SMILES string of the molecule is Cc1ccc2c(c1)Cc1cc(C)ccc1C2=C1C=C(C(=O)NC(CCC(=O)O)C(=O)O)C=CC1=NCc1cnc2c(=O)[nH]c(N)nc2n1. The number of anilines is 1. The van der Waals surface area contributed by atoms with Crippen molar-refractivity contribution in [2.24, 2.45) is 4.99 Å². The lowest BCUT2D eigenvalue weighted by molar-refractivity contribution is -0.142. The molecule has 2 heterocycles. The second kappa shape index (κ2) is 12.9. The summed E-state index contributed by atoms with van der Waals surface area (Å²) >= 11 is 0. The monoisotopic (exact) mass is 645 g/mol. The molecule has 6 rings (SSSR count). The number of hydrogen-bond donors (Lipinski definition) is 5. The van der Waals surface area contributed by atoms with Gasteiger partial charge in [0, 0.05) is 17.6 Å². The quantitative estimate of drug-likeness (QED) is 0.166. The minimum absolute atomic E-state index is 0.0450. The summed E-state index contributed by atoms with van der Waals surface area (Å²) in [7, 11) is 0. The van der Waals surface area contributed by atoms with Gasteiger partial charge >= 0.3 is 11.9 Å². The standard InChI is InChI=1S/C35H31N7O6/c1-17-3-6-23-20(11-17)13-21-12-18(2)4-7-24(21)29(23)25-14-19(32(45)40-27(34(47)48)9-10-28(43)44)5-8-26(25)37-15-22-16-38-30-31(39-22)41-35(36)42-33(30)46/h3-8,11-12,14,16,27H,9-10,13,15H2,1-2H3,(H,40,45)(H,43,44)(H,47,48)(H3,36,39,41,42,46). The summed E-state index contributed by atoms with van der Waals surface area (Å²) in [6.45, 7) is 4.12. The van der Waals surface area contributed by atoms with Gasteiger partial charge in [0.15, 0.2) is 11.2 Å². The van der Waals surface area contributed by atoms with E-state index in [0.717, 1.165) is 45.4 Å². The van der Waals surface area contributed by atoms with Crippen LogP contribution in [0.1, 0.15) is 51.9 Å². The fraction of sp³-hybridized carbons (Fsp3) is 0.200. The van der Waals surface area contributed by atoms with Gasteiger partial charge in [-0.2, -0.15) is 4.98 Å². The van der Waals surface area contributed by atoms with Crippen molar-refractivity contribution in [1.29, 1.82) is 0 Å². The molecule has 1 atom stereocenters. The molecule has 13 heteroatoms. The van der Waals surface area contributed by atoms with Gasteiger partial charge in [0.1, 0.15) is 6.04 Å². The third kappa shape index (κ3) is 6.51. The number of fused-ring (bicyclic) bond motifs is 3. The van der Waals surface area contributed by atoms with Crippen molar-refractivity contribution in [3.8, 4) is 0 Å². The summed E-state index contributed by atoms with van der Waals surface area (Å²) in [4.78, 5) is 68.6. The molecule has 1 amide bonds. The predicted molar refractivity (Wildman–Crippen MR) is 178 cm³/mol. The van der Waals surface area contributed by atoms with Gasteiger partial charge in [0.05, 0.1) is 24.1 Å². The van der Waals surface area contributed by atoms with Gasteiger partial charge < -0.3 is 21.3 Å². The van der Waals surface area contributed by atoms with Crippen molar-refractivity contribution in [2.75, 3.05) is 5.73 Å². The number of carboxylic acids is 2. The Kier molecular flexibility index (Phi) is 8.51. The molecule has 0 aliphatic heterocycles. The first-order valence-electron chi connectivity index (χ1n) is 15.1. The molecule has 2 aromatic carbocycles. The molecule has 0 bridgehead atoms. The molecule has 0 saturated carbocycles. The Morgan fingerprint density at radius 3 is 2.35 bits per heavy atom. The Balaban J connectivity index is 1.48. The molecule has 2 aromatic heterocycles. The number of nitrogens with zero attached hydrogens (tertiary/aromatic N) is 4. The maximum atomic E-state index is 13.5. The summed E-state index contributed by atoms with van der Waals surface area (Å²) in [5, 5.41) is 21.2. The predicted octanol–water partition coefficient (Wildman–Crippen LogP) is 3.19. The average molecular weight is 646 g/mol. The molecule has 4 aromatic rings. The normalized spacial score (nSPS) is 15.1. The molecule has 0 fully saturated rings. The molecular formula is C35H31N7O6. The zero-order valence-electron chi connectivity index (χ0n) is 26.1. The smallest absolute Gasteiger partial charge is 0.326 e. The van der Waals surface area contributed by atoms with E-state index in [1.54, 1.807) is 12.2 Å². The van der Waals surface area contributed by atoms with Crippen LogP contribution in [0.5, 0.6) is 0 Å². The Morgan fingerprint density at radius 2 is 1.71 bits per heavy atom. The van der Waals surface area contributed by atoms with E-state index in [1.807, 2.05) is 38.1 Å². The first-order chi connectivity index (χ1) is 23.0. The number of carbonyl (C=O) groups excluding carboxylic acids is 1. The van der Waals surface area contributed by atoms with Crippen molar-refractivity contribution in [1.82, 2.24) is 25.3 Å². The Morgan fingerprint density at radius 1 is 1.02 bits per heavy atom. The highest BCUT2D eigenvalue weighted by atomic mass is 16.4. The van der Waals surface area contributed by atoms with E-state index in [9.17, 15) is 24.3 Å². The topological polar surface area (TPSA) is 214 Å². The number of aliphatic carboxylic acids is 2. The average Bonchev–Trinajstić information content (AvgIpc) is 3.03. The van der Waals surface area contributed by atoms with E-state index < -0.39 is 35.9 Å². The molecule has 48 heavy (non-hydrogen) atoms. The molecule has 2 aliphatic rings. The molecule has 0 spiro atoms. The third-order valence-electron chi connectivity index (χ3n) is 8.12. The van der Waals surface area contributed by atoms with E-state index in [1.165, 1.54) is 12.3 Å². The zero-order valence-corrected chi connectivity index (χ0v) is 26.1. The number of carboxylic acid groups (broad SMARTS) is 2. The van der Waals surface area contributed by atoms with E-state index in [2.05, 4.69) is 37.4 Å². The second-order valence-corrected chi connectivity index (χ2v) is 11.7. The number of benzene rings is 2. The number of nitrogens with one attached hydrogen (secondary N) is 2. The fourth-order valence-corrected chi connectivity index (χ4v) is 5.86. The summed E-state index contributed by atoms with van der Waals surface area (Å²) in [5.41, 5.74) is 14.3. The van der Waals surface area contributed by atoms with Crippen LogP contribution in [0, 0.1) is 13.8 Å². The number of aromatic amines is 1. The maximum absolute atomic E-state index is 13.5. The largest absolute Gasteiger partial charge is 0.481 e. The van der Waals surface area contributed by atoms with E-state index >= 15 is 0 Å². The van der Waals surface area contributed by atoms with Crippen LogP contribution in [0.15, 0.2) is 81.8 Å². The highest BCUT2D eigenvalue weighted by molar-refractivity contribution is 6.20. The number of H-pyrrole nitrogens is 1. The number of carbonyl (C=O) groups is 3. The van der Waals surface area contributed by atoms with Crippen LogP contribution in [0.4, 0.5) is 5.95 Å². The van der Waals surface area contributed by atoms with E-state index in [4.69, 9.17) is 15.8 Å². The van der Waals surface area contributed by atoms with Gasteiger partial charge in [-0.15, -0.1) is 0 Å². The molecule has 242 valence electrons.